The van der Waals surface area contributed by atoms with Crippen molar-refractivity contribution in [2.45, 2.75) is 0 Å². The van der Waals surface area contributed by atoms with Crippen molar-refractivity contribution in [2.75, 3.05) is 0 Å². The fraction of sp³-hybridized carbons (Fsp3) is 0. The summed E-state index contributed by atoms with van der Waals surface area (Å²) in [6, 6.07) is 26.2. The van der Waals surface area contributed by atoms with Crippen LogP contribution in [-0.4, -0.2) is 15.0 Å². The molecule has 0 saturated heterocycles. The normalized spacial score (nSPS) is 14.4. The first-order chi connectivity index (χ1) is 27.5. The van der Waals surface area contributed by atoms with Gasteiger partial charge >= 0.3 is 0 Å². The molecule has 0 bridgehead atoms. The van der Waals surface area contributed by atoms with Gasteiger partial charge < -0.3 is 8.83 Å². The van der Waals surface area contributed by atoms with Crippen molar-refractivity contribution >= 4 is 54.6 Å². The van der Waals surface area contributed by atoms with Crippen LogP contribution in [0, 0.1) is 0 Å². The SMILES string of the molecule is [2H]c1c([2H])c(-c2nc(-c3ccccc3)nc(-c3ccc4c(c3)oc3c(-c5ccccc5)cccc34)n2)c2c(oc3c4c([2H])c([2H])c([2H])c([2H])c4c([2H])c([2H])c32)c1[2H]. The lowest BCUT2D eigenvalue weighted by molar-refractivity contribution is 0.670. The first-order valence-corrected chi connectivity index (χ1v) is 15.2. The lowest BCUT2D eigenvalue weighted by Gasteiger charge is -2.09. The first kappa shape index (κ1) is 19.2. The molecule has 0 fully saturated rings. The maximum absolute atomic E-state index is 9.21. The van der Waals surface area contributed by atoms with Crippen molar-refractivity contribution < 1.29 is 21.2 Å². The van der Waals surface area contributed by atoms with Crippen LogP contribution < -0.4 is 0 Å². The zero-order valence-corrected chi connectivity index (χ0v) is 24.9. The predicted octanol–water partition coefficient (Wildman–Crippen LogP) is 11.5. The number of hydrogen-bond acceptors (Lipinski definition) is 5. The van der Waals surface area contributed by atoms with Crippen molar-refractivity contribution in [3.05, 3.63) is 151 Å². The summed E-state index contributed by atoms with van der Waals surface area (Å²) in [4.78, 5) is 14.5. The Bertz CT molecular complexity index is 3350. The van der Waals surface area contributed by atoms with Gasteiger partial charge in [-0.05, 0) is 35.2 Å². The fourth-order valence-corrected chi connectivity index (χ4v) is 6.25. The highest BCUT2D eigenvalue weighted by atomic mass is 16.3. The zero-order chi connectivity index (χ0) is 39.4. The molecule has 3 aromatic heterocycles. The average Bonchev–Trinajstić information content (AvgIpc) is 3.82. The molecule has 224 valence electrons. The van der Waals surface area contributed by atoms with Gasteiger partial charge in [-0.1, -0.05) is 127 Å². The van der Waals surface area contributed by atoms with E-state index in [9.17, 15) is 1.37 Å². The molecule has 3 heterocycles. The third-order valence-corrected chi connectivity index (χ3v) is 8.48. The van der Waals surface area contributed by atoms with Crippen LogP contribution in [0.4, 0.5) is 0 Å². The quantitative estimate of drug-likeness (QED) is 0.195. The molecule has 0 unspecified atom stereocenters. The second-order valence-electron chi connectivity index (χ2n) is 11.3. The smallest absolute Gasteiger partial charge is 0.164 e. The topological polar surface area (TPSA) is 65.0 Å². The predicted molar refractivity (Wildman–Crippen MR) is 194 cm³/mol. The van der Waals surface area contributed by atoms with Crippen LogP contribution in [0.15, 0.2) is 160 Å². The number of nitrogens with zero attached hydrogens (tertiary/aromatic N) is 3. The number of para-hydroxylation sites is 1. The minimum Gasteiger partial charge on any atom is -0.455 e. The van der Waals surface area contributed by atoms with Crippen LogP contribution >= 0.6 is 0 Å². The number of hydrogen-bond donors (Lipinski definition) is 0. The number of furan rings is 2. The van der Waals surface area contributed by atoms with E-state index in [1.165, 1.54) is 0 Å². The summed E-state index contributed by atoms with van der Waals surface area (Å²) < 4.78 is 91.5. The third-order valence-electron chi connectivity index (χ3n) is 8.48. The molecule has 0 N–H and O–H groups in total. The molecule has 0 atom stereocenters. The number of benzene rings is 7. The van der Waals surface area contributed by atoms with E-state index in [2.05, 4.69) is 0 Å². The Morgan fingerprint density at radius 2 is 1.19 bits per heavy atom. The van der Waals surface area contributed by atoms with Crippen molar-refractivity contribution in [2.24, 2.45) is 0 Å². The molecule has 0 aliphatic carbocycles. The maximum Gasteiger partial charge on any atom is 0.164 e. The fourth-order valence-electron chi connectivity index (χ4n) is 6.25. The van der Waals surface area contributed by atoms with Gasteiger partial charge in [-0.15, -0.1) is 0 Å². The highest BCUT2D eigenvalue weighted by Gasteiger charge is 2.20. The second kappa shape index (κ2) is 10.5. The van der Waals surface area contributed by atoms with Gasteiger partial charge in [0, 0.05) is 49.2 Å². The Balaban J connectivity index is 1.27. The Morgan fingerprint density at radius 3 is 2.04 bits per heavy atom. The molecule has 0 aliphatic rings. The van der Waals surface area contributed by atoms with Crippen LogP contribution in [0.25, 0.3) is 99.9 Å². The largest absolute Gasteiger partial charge is 0.455 e. The van der Waals surface area contributed by atoms with Crippen LogP contribution in [0.2, 0.25) is 0 Å². The van der Waals surface area contributed by atoms with Crippen molar-refractivity contribution in [1.29, 1.82) is 0 Å². The highest BCUT2D eigenvalue weighted by Crippen LogP contribution is 2.40. The van der Waals surface area contributed by atoms with Gasteiger partial charge in [-0.3, -0.25) is 0 Å². The molecule has 5 nitrogen and oxygen atoms in total. The Kier molecular flexibility index (Phi) is 4.18. The highest BCUT2D eigenvalue weighted by molar-refractivity contribution is 6.18. The second-order valence-corrected chi connectivity index (χ2v) is 11.3. The van der Waals surface area contributed by atoms with Gasteiger partial charge in [0.2, 0.25) is 0 Å². The summed E-state index contributed by atoms with van der Waals surface area (Å²) >= 11 is 0. The number of fused-ring (bicyclic) bond motifs is 8. The Hall–Kier alpha value is -6.59. The molecular weight excluding hydrogens is 590 g/mol. The van der Waals surface area contributed by atoms with Gasteiger partial charge in [0.05, 0.1) is 12.3 Å². The molecule has 7 aromatic carbocycles. The van der Waals surface area contributed by atoms with Crippen LogP contribution in [-0.2, 0) is 0 Å². The summed E-state index contributed by atoms with van der Waals surface area (Å²) in [6.07, 6.45) is 0. The van der Waals surface area contributed by atoms with Gasteiger partial charge in [-0.2, -0.15) is 0 Å². The van der Waals surface area contributed by atoms with E-state index in [0.717, 1.165) is 27.5 Å². The van der Waals surface area contributed by atoms with Crippen molar-refractivity contribution in [1.82, 2.24) is 15.0 Å². The average molecular weight is 625 g/mol. The minimum absolute atomic E-state index is 0.00107. The number of rotatable bonds is 4. The molecule has 0 aliphatic heterocycles. The lowest BCUT2D eigenvalue weighted by atomic mass is 10.0. The van der Waals surface area contributed by atoms with E-state index in [-0.39, 0.29) is 55.7 Å². The summed E-state index contributed by atoms with van der Waals surface area (Å²) in [5.74, 6) is 0.376. The Labute approximate surface area is 287 Å². The lowest BCUT2D eigenvalue weighted by Crippen LogP contribution is -2.00. The van der Waals surface area contributed by atoms with E-state index in [0.29, 0.717) is 16.7 Å². The molecule has 48 heavy (non-hydrogen) atoms. The van der Waals surface area contributed by atoms with E-state index >= 15 is 0 Å². The van der Waals surface area contributed by atoms with Gasteiger partial charge in [0.1, 0.15) is 22.3 Å². The molecule has 0 amide bonds. The molecule has 10 aromatic rings. The standard InChI is InChI=1S/C43H25N3O2/c1-3-11-26(12-4-1)31-17-9-18-33-32-23-22-29(25-37(32)48-39(31)33)42-44-41(28-14-5-2-6-15-28)45-43(46-42)35-19-10-20-36-38(35)34-24-21-27-13-7-8-16-30(27)40(34)47-36/h1-25H/i7D,8D,10D,13D,16D,19D,20D,21D,24D. The van der Waals surface area contributed by atoms with Crippen LogP contribution in [0.1, 0.15) is 12.3 Å². The third kappa shape index (κ3) is 4.15. The summed E-state index contributed by atoms with van der Waals surface area (Å²) in [6.45, 7) is 0. The summed E-state index contributed by atoms with van der Waals surface area (Å²) in [5.41, 5.74) is 4.00. The van der Waals surface area contributed by atoms with Gasteiger partial charge in [0.15, 0.2) is 17.5 Å². The molecule has 0 saturated carbocycles. The minimum atomic E-state index is -0.566. The summed E-state index contributed by atoms with van der Waals surface area (Å²) in [7, 11) is 0. The van der Waals surface area contributed by atoms with E-state index in [1.807, 2.05) is 97.1 Å². The molecule has 10 rings (SSSR count). The van der Waals surface area contributed by atoms with E-state index < -0.39 is 54.4 Å². The molecule has 0 spiro atoms. The van der Waals surface area contributed by atoms with Crippen LogP contribution in [0.5, 0.6) is 0 Å². The molecule has 5 heteroatoms. The zero-order valence-electron chi connectivity index (χ0n) is 33.9. The molecular formula is C43H25N3O2. The van der Waals surface area contributed by atoms with Crippen molar-refractivity contribution in [3.63, 3.8) is 0 Å². The maximum atomic E-state index is 9.21. The summed E-state index contributed by atoms with van der Waals surface area (Å²) in [5, 5.41) is 1.39. The van der Waals surface area contributed by atoms with E-state index in [1.54, 1.807) is 0 Å². The number of aromatic nitrogens is 3. The monoisotopic (exact) mass is 624 g/mol. The van der Waals surface area contributed by atoms with E-state index in [4.69, 9.17) is 34.8 Å². The first-order valence-electron chi connectivity index (χ1n) is 19.7. The van der Waals surface area contributed by atoms with Crippen molar-refractivity contribution in [3.8, 4) is 45.3 Å². The molecule has 0 radical (unpaired) electrons. The Morgan fingerprint density at radius 1 is 0.438 bits per heavy atom. The van der Waals surface area contributed by atoms with Crippen LogP contribution in [0.3, 0.4) is 0 Å². The van der Waals surface area contributed by atoms with Gasteiger partial charge in [0.25, 0.3) is 0 Å². The van der Waals surface area contributed by atoms with Gasteiger partial charge in [-0.25, -0.2) is 15.0 Å².